The molecule has 1 aromatic heterocycles. The Kier molecular flexibility index (Phi) is 4.38. The van der Waals surface area contributed by atoms with Gasteiger partial charge in [-0.15, -0.1) is 0 Å². The van der Waals surface area contributed by atoms with Gasteiger partial charge in [0.25, 0.3) is 5.91 Å². The second kappa shape index (κ2) is 6.82. The molecule has 7 heteroatoms. The first-order valence-corrected chi connectivity index (χ1v) is 8.59. The van der Waals surface area contributed by atoms with Crippen molar-refractivity contribution in [2.75, 3.05) is 24.7 Å². The van der Waals surface area contributed by atoms with E-state index in [0.29, 0.717) is 24.7 Å². The Labute approximate surface area is 150 Å². The van der Waals surface area contributed by atoms with Crippen LogP contribution in [0.5, 0.6) is 0 Å². The summed E-state index contributed by atoms with van der Waals surface area (Å²) >= 11 is 4.99. The molecule has 1 aromatic carbocycles. The normalized spacial score (nSPS) is 20.0. The first-order valence-electron chi connectivity index (χ1n) is 8.18. The number of aromatic amines is 1. The highest BCUT2D eigenvalue weighted by atomic mass is 32.1. The number of anilines is 1. The van der Waals surface area contributed by atoms with Gasteiger partial charge in [-0.05, 0) is 34.4 Å². The summed E-state index contributed by atoms with van der Waals surface area (Å²) in [7, 11) is 0. The van der Waals surface area contributed by atoms with Gasteiger partial charge in [-0.1, -0.05) is 24.3 Å². The topological polar surface area (TPSA) is 69.4 Å². The number of aromatic nitrogens is 1. The van der Waals surface area contributed by atoms with Crippen molar-refractivity contribution in [2.45, 2.75) is 12.6 Å². The third-order valence-electron chi connectivity index (χ3n) is 4.52. The molecule has 2 aromatic rings. The lowest BCUT2D eigenvalue weighted by molar-refractivity contribution is 0.0766. The van der Waals surface area contributed by atoms with E-state index >= 15 is 0 Å². The third kappa shape index (κ3) is 2.99. The average molecular weight is 354 g/mol. The lowest BCUT2D eigenvalue weighted by Crippen LogP contribution is -2.41. The van der Waals surface area contributed by atoms with Crippen LogP contribution in [-0.2, 0) is 11.3 Å². The van der Waals surface area contributed by atoms with Crippen LogP contribution in [0.3, 0.4) is 0 Å². The van der Waals surface area contributed by atoms with E-state index in [0.717, 1.165) is 24.4 Å². The average Bonchev–Trinajstić information content (AvgIpc) is 3.15. The molecule has 3 heterocycles. The lowest BCUT2D eigenvalue weighted by atomic mass is 9.99. The Morgan fingerprint density at radius 1 is 1.32 bits per heavy atom. The number of amides is 1. The van der Waals surface area contributed by atoms with Crippen molar-refractivity contribution in [2.24, 2.45) is 0 Å². The minimum atomic E-state index is -0.195. The maximum atomic E-state index is 12.1. The van der Waals surface area contributed by atoms with E-state index in [1.165, 1.54) is 5.56 Å². The van der Waals surface area contributed by atoms with E-state index < -0.39 is 0 Å². The monoisotopic (exact) mass is 354 g/mol. The van der Waals surface area contributed by atoms with Crippen molar-refractivity contribution in [1.29, 1.82) is 0 Å². The van der Waals surface area contributed by atoms with Crippen LogP contribution in [0.1, 0.15) is 27.7 Å². The molecule has 1 fully saturated rings. The van der Waals surface area contributed by atoms with Gasteiger partial charge >= 0.3 is 0 Å². The summed E-state index contributed by atoms with van der Waals surface area (Å²) in [5.74, 6) is 0.300. The maximum Gasteiger partial charge on any atom is 0.275 e. The van der Waals surface area contributed by atoms with Crippen LogP contribution in [0.15, 0.2) is 42.3 Å². The zero-order valence-corrected chi connectivity index (χ0v) is 14.4. The molecule has 6 nitrogen and oxygen atoms in total. The van der Waals surface area contributed by atoms with Gasteiger partial charge in [0.15, 0.2) is 5.82 Å². The number of fused-ring (bicyclic) bond motifs is 1. The number of nitrogens with one attached hydrogen (secondary N) is 3. The minimum absolute atomic E-state index is 0.162. The second-order valence-electron chi connectivity index (χ2n) is 6.01. The molecule has 0 bridgehead atoms. The Bertz CT molecular complexity index is 850. The summed E-state index contributed by atoms with van der Waals surface area (Å²) in [5.41, 5.74) is 3.68. The van der Waals surface area contributed by atoms with Gasteiger partial charge < -0.3 is 19.9 Å². The van der Waals surface area contributed by atoms with Crippen LogP contribution in [0.4, 0.5) is 5.69 Å². The van der Waals surface area contributed by atoms with Gasteiger partial charge in [0.2, 0.25) is 0 Å². The van der Waals surface area contributed by atoms with E-state index in [1.54, 1.807) is 6.20 Å². The zero-order valence-electron chi connectivity index (χ0n) is 13.5. The minimum Gasteiger partial charge on any atom is -0.378 e. The number of carbonyl (C=O) groups excluding carboxylic acids is 1. The quantitative estimate of drug-likeness (QED) is 0.734. The summed E-state index contributed by atoms with van der Waals surface area (Å²) in [5, 5.41) is 8.97. The van der Waals surface area contributed by atoms with Crippen molar-refractivity contribution in [3.05, 3.63) is 59.2 Å². The molecule has 1 saturated heterocycles. The Hall–Kier alpha value is -2.44. The summed E-state index contributed by atoms with van der Waals surface area (Å²) in [4.78, 5) is 17.1. The fourth-order valence-corrected chi connectivity index (χ4v) is 3.49. The third-order valence-corrected chi connectivity index (χ3v) is 4.72. The molecule has 2 aliphatic rings. The highest BCUT2D eigenvalue weighted by molar-refractivity contribution is 7.78. The first kappa shape index (κ1) is 16.1. The van der Waals surface area contributed by atoms with E-state index in [9.17, 15) is 4.79 Å². The summed E-state index contributed by atoms with van der Waals surface area (Å²) in [6, 6.07) is 10.3. The van der Waals surface area contributed by atoms with E-state index in [1.807, 2.05) is 23.1 Å². The molecule has 25 heavy (non-hydrogen) atoms. The fraction of sp³-hybridized carbons (Fsp3) is 0.278. The largest absolute Gasteiger partial charge is 0.378 e. The van der Waals surface area contributed by atoms with Gasteiger partial charge in [0, 0.05) is 12.7 Å². The molecular formula is C18H18N4O2S. The van der Waals surface area contributed by atoms with Crippen LogP contribution >= 0.6 is 12.2 Å². The standard InChI is InChI=1S/C18H18N4O2S/c23-18-17-15(5-6-20-17)22(16(11-25)21-18)9-12-3-1-2-4-13(12)14-10-24-8-7-19-14/h1-6,14,19-20H,7-10H2,(H,21,23)/t14-/m0/s1. The highest BCUT2D eigenvalue weighted by Crippen LogP contribution is 2.30. The molecule has 1 amide bonds. The van der Waals surface area contributed by atoms with Crippen LogP contribution in [0.2, 0.25) is 0 Å². The van der Waals surface area contributed by atoms with Crippen molar-refractivity contribution in [1.82, 2.24) is 15.6 Å². The van der Waals surface area contributed by atoms with Gasteiger partial charge in [0.05, 0.1) is 31.5 Å². The lowest BCUT2D eigenvalue weighted by Gasteiger charge is -2.32. The van der Waals surface area contributed by atoms with Gasteiger partial charge in [-0.2, -0.15) is 0 Å². The molecule has 1 atom stereocenters. The number of benzene rings is 1. The molecule has 0 spiro atoms. The number of hydrogen-bond acceptors (Lipinski definition) is 5. The molecule has 0 unspecified atom stereocenters. The van der Waals surface area contributed by atoms with Crippen LogP contribution in [0, 0.1) is 0 Å². The second-order valence-corrected chi connectivity index (χ2v) is 6.21. The molecule has 0 saturated carbocycles. The number of thiocarbonyl (C=S) groups is 1. The fourth-order valence-electron chi connectivity index (χ4n) is 3.32. The number of H-pyrrole nitrogens is 1. The van der Waals surface area contributed by atoms with Crippen molar-refractivity contribution < 1.29 is 9.53 Å². The molecule has 0 aliphatic carbocycles. The summed E-state index contributed by atoms with van der Waals surface area (Å²) < 4.78 is 5.61. The summed E-state index contributed by atoms with van der Waals surface area (Å²) in [6.45, 7) is 2.81. The number of ether oxygens (including phenoxy) is 1. The zero-order chi connectivity index (χ0) is 17.2. The summed E-state index contributed by atoms with van der Waals surface area (Å²) in [6.07, 6.45) is 1.76. The van der Waals surface area contributed by atoms with Crippen molar-refractivity contribution in [3.63, 3.8) is 0 Å². The van der Waals surface area contributed by atoms with Crippen LogP contribution in [-0.4, -0.2) is 35.7 Å². The van der Waals surface area contributed by atoms with Gasteiger partial charge in [-0.25, -0.2) is 0 Å². The number of morpholine rings is 1. The smallest absolute Gasteiger partial charge is 0.275 e. The highest BCUT2D eigenvalue weighted by Gasteiger charge is 2.29. The number of hydrogen-bond donors (Lipinski definition) is 3. The van der Waals surface area contributed by atoms with E-state index in [4.69, 9.17) is 17.0 Å². The number of nitrogens with zero attached hydrogens (tertiary/aromatic N) is 1. The predicted molar refractivity (Wildman–Crippen MR) is 98.6 cm³/mol. The van der Waals surface area contributed by atoms with Crippen LogP contribution in [0.25, 0.3) is 0 Å². The number of rotatable bonds is 3. The molecule has 3 N–H and O–H groups in total. The molecule has 4 rings (SSSR count). The van der Waals surface area contributed by atoms with E-state index in [2.05, 4.69) is 32.8 Å². The molecule has 0 radical (unpaired) electrons. The van der Waals surface area contributed by atoms with Gasteiger partial charge in [0.1, 0.15) is 5.69 Å². The van der Waals surface area contributed by atoms with Crippen molar-refractivity contribution >= 4 is 28.8 Å². The maximum absolute atomic E-state index is 12.1. The molecule has 128 valence electrons. The Morgan fingerprint density at radius 3 is 3.00 bits per heavy atom. The Morgan fingerprint density at radius 2 is 2.20 bits per heavy atom. The molecular weight excluding hydrogens is 336 g/mol. The molecule has 2 aliphatic heterocycles. The first-order chi connectivity index (χ1) is 12.3. The predicted octanol–water partition coefficient (Wildman–Crippen LogP) is 1.87. The SMILES string of the molecule is O=C1NC(=C=S)N(Cc2ccccc2[C@@H]2COCCN2)c2cc[nH]c21. The van der Waals surface area contributed by atoms with Gasteiger partial charge in [-0.3, -0.25) is 10.1 Å². The van der Waals surface area contributed by atoms with Crippen molar-refractivity contribution in [3.8, 4) is 0 Å². The van der Waals surface area contributed by atoms with Crippen LogP contribution < -0.4 is 15.5 Å². The number of carbonyl (C=O) groups is 1. The van der Waals surface area contributed by atoms with E-state index in [-0.39, 0.29) is 11.9 Å². The Balaban J connectivity index is 1.69.